The standard InChI is InChI=1S/C23H18Cl3F7N2O/c1-35(10-11-2-3-11)34-21(36)14-5-4-12(6-16(14)23(31,32)33)19(27)9-15(22(28,29)30)13-7-17(24)20(26)18(25)8-13/h4-9,11,15H,2-3,10H2,1H3,(H,34,36). The highest BCUT2D eigenvalue weighted by Crippen LogP contribution is 2.43. The minimum Gasteiger partial charge on any atom is -0.285 e. The molecule has 1 aliphatic rings. The van der Waals surface area contributed by atoms with Gasteiger partial charge in [0.2, 0.25) is 0 Å². The van der Waals surface area contributed by atoms with Crippen molar-refractivity contribution in [2.24, 2.45) is 5.92 Å². The van der Waals surface area contributed by atoms with E-state index < -0.39 is 52.3 Å². The van der Waals surface area contributed by atoms with Gasteiger partial charge >= 0.3 is 12.4 Å². The summed E-state index contributed by atoms with van der Waals surface area (Å²) in [7, 11) is 1.49. The molecule has 1 aliphatic carbocycles. The van der Waals surface area contributed by atoms with Crippen LogP contribution in [0.1, 0.15) is 45.8 Å². The lowest BCUT2D eigenvalue weighted by Gasteiger charge is -2.20. The molecule has 1 N–H and O–H groups in total. The zero-order valence-corrected chi connectivity index (χ0v) is 20.6. The second-order valence-electron chi connectivity index (χ2n) is 8.36. The van der Waals surface area contributed by atoms with Crippen molar-refractivity contribution in [3.63, 3.8) is 0 Å². The molecule has 1 saturated carbocycles. The van der Waals surface area contributed by atoms with Crippen LogP contribution in [0.5, 0.6) is 0 Å². The van der Waals surface area contributed by atoms with Crippen LogP contribution >= 0.6 is 34.8 Å². The fourth-order valence-electron chi connectivity index (χ4n) is 3.47. The minimum atomic E-state index is -5.08. The fourth-order valence-corrected chi connectivity index (χ4v) is 4.08. The molecule has 1 fully saturated rings. The molecule has 0 aliphatic heterocycles. The van der Waals surface area contributed by atoms with Crippen molar-refractivity contribution in [3.05, 3.63) is 73.7 Å². The Morgan fingerprint density at radius 1 is 1.08 bits per heavy atom. The molecule has 2 aromatic rings. The molecule has 196 valence electrons. The number of amides is 1. The van der Waals surface area contributed by atoms with Gasteiger partial charge in [0.05, 0.1) is 26.2 Å². The molecule has 1 unspecified atom stereocenters. The summed E-state index contributed by atoms with van der Waals surface area (Å²) in [6.45, 7) is 0.445. The molecule has 36 heavy (non-hydrogen) atoms. The first-order valence-electron chi connectivity index (χ1n) is 10.4. The molecular weight excluding hydrogens is 560 g/mol. The highest BCUT2D eigenvalue weighted by atomic mass is 35.5. The Kier molecular flexibility index (Phi) is 8.54. The Bertz CT molecular complexity index is 1150. The molecule has 0 spiro atoms. The van der Waals surface area contributed by atoms with Crippen LogP contribution in [-0.4, -0.2) is 30.7 Å². The molecule has 3 nitrogen and oxygen atoms in total. The van der Waals surface area contributed by atoms with Crippen LogP contribution in [0.2, 0.25) is 15.1 Å². The summed E-state index contributed by atoms with van der Waals surface area (Å²) in [5.74, 6) is -4.94. The summed E-state index contributed by atoms with van der Waals surface area (Å²) in [6.07, 6.45) is -8.13. The third-order valence-electron chi connectivity index (χ3n) is 5.40. The predicted molar refractivity (Wildman–Crippen MR) is 124 cm³/mol. The minimum absolute atomic E-state index is 0.106. The average Bonchev–Trinajstić information content (AvgIpc) is 3.57. The second-order valence-corrected chi connectivity index (χ2v) is 9.55. The number of alkyl halides is 6. The summed E-state index contributed by atoms with van der Waals surface area (Å²) in [6, 6.07) is 3.47. The van der Waals surface area contributed by atoms with Crippen molar-refractivity contribution >= 4 is 46.5 Å². The summed E-state index contributed by atoms with van der Waals surface area (Å²) in [5.41, 5.74) is -1.35. The van der Waals surface area contributed by atoms with Gasteiger partial charge in [-0.25, -0.2) is 9.40 Å². The Balaban J connectivity index is 1.98. The number of benzene rings is 2. The number of carbonyl (C=O) groups excluding carboxylic acids is 1. The van der Waals surface area contributed by atoms with E-state index in [1.165, 1.54) is 12.1 Å². The Hall–Kier alpha value is -2.01. The molecule has 13 heteroatoms. The Morgan fingerprint density at radius 3 is 2.17 bits per heavy atom. The number of allylic oxidation sites excluding steroid dienone is 1. The van der Waals surface area contributed by atoms with E-state index in [1.807, 2.05) is 0 Å². The Morgan fingerprint density at radius 2 is 1.67 bits per heavy atom. The van der Waals surface area contributed by atoms with Crippen LogP contribution < -0.4 is 5.43 Å². The van der Waals surface area contributed by atoms with Gasteiger partial charge in [-0.2, -0.15) is 26.3 Å². The number of carbonyl (C=O) groups is 1. The van der Waals surface area contributed by atoms with Gasteiger partial charge in [0.15, 0.2) is 0 Å². The van der Waals surface area contributed by atoms with Crippen molar-refractivity contribution in [2.75, 3.05) is 13.6 Å². The van der Waals surface area contributed by atoms with Gasteiger partial charge in [0.25, 0.3) is 5.91 Å². The smallest absolute Gasteiger partial charge is 0.285 e. The number of hydrazine groups is 1. The first kappa shape index (κ1) is 28.6. The van der Waals surface area contributed by atoms with E-state index in [2.05, 4.69) is 5.43 Å². The zero-order valence-electron chi connectivity index (χ0n) is 18.4. The molecule has 0 bridgehead atoms. The van der Waals surface area contributed by atoms with Gasteiger partial charge in [-0.15, -0.1) is 0 Å². The van der Waals surface area contributed by atoms with Crippen molar-refractivity contribution < 1.29 is 35.5 Å². The van der Waals surface area contributed by atoms with Crippen LogP contribution in [0.15, 0.2) is 36.4 Å². The Labute approximate surface area is 216 Å². The average molecular weight is 578 g/mol. The summed E-state index contributed by atoms with van der Waals surface area (Å²) in [5, 5.41) is 0.510. The lowest BCUT2D eigenvalue weighted by atomic mass is 9.95. The van der Waals surface area contributed by atoms with E-state index in [1.54, 1.807) is 0 Å². The summed E-state index contributed by atoms with van der Waals surface area (Å²) in [4.78, 5) is 12.4. The SMILES string of the molecule is CN(CC1CC1)NC(=O)c1ccc(C(F)=CC(c2cc(Cl)c(Cl)c(Cl)c2)C(F)(F)F)cc1C(F)(F)F. The van der Waals surface area contributed by atoms with Gasteiger partial charge in [0, 0.05) is 19.2 Å². The second kappa shape index (κ2) is 10.8. The maximum absolute atomic E-state index is 14.9. The topological polar surface area (TPSA) is 32.3 Å². The summed E-state index contributed by atoms with van der Waals surface area (Å²) < 4.78 is 97.2. The number of nitrogens with zero attached hydrogens (tertiary/aromatic N) is 1. The molecule has 2 aromatic carbocycles. The third-order valence-corrected chi connectivity index (χ3v) is 6.59. The third kappa shape index (κ3) is 7.06. The maximum Gasteiger partial charge on any atom is 0.417 e. The number of hydrogen-bond donors (Lipinski definition) is 1. The monoisotopic (exact) mass is 576 g/mol. The van der Waals surface area contributed by atoms with Crippen LogP contribution in [0.25, 0.3) is 5.83 Å². The molecular formula is C23H18Cl3F7N2O. The summed E-state index contributed by atoms with van der Waals surface area (Å²) >= 11 is 17.3. The molecule has 3 rings (SSSR count). The molecule has 1 amide bonds. The van der Waals surface area contributed by atoms with Crippen molar-refractivity contribution in [1.29, 1.82) is 0 Å². The van der Waals surface area contributed by atoms with E-state index in [0.717, 1.165) is 31.0 Å². The van der Waals surface area contributed by atoms with Crippen LogP contribution in [0, 0.1) is 5.92 Å². The molecule has 0 heterocycles. The van der Waals surface area contributed by atoms with Crippen molar-refractivity contribution in [3.8, 4) is 0 Å². The zero-order chi connectivity index (χ0) is 27.0. The lowest BCUT2D eigenvalue weighted by molar-refractivity contribution is -0.140. The lowest BCUT2D eigenvalue weighted by Crippen LogP contribution is -2.41. The van der Waals surface area contributed by atoms with Crippen molar-refractivity contribution in [2.45, 2.75) is 31.1 Å². The molecule has 1 atom stereocenters. The van der Waals surface area contributed by atoms with E-state index in [-0.39, 0.29) is 27.2 Å². The number of rotatable bonds is 7. The van der Waals surface area contributed by atoms with Gasteiger partial charge < -0.3 is 0 Å². The molecule has 0 aromatic heterocycles. The van der Waals surface area contributed by atoms with Gasteiger partial charge in [-0.3, -0.25) is 10.2 Å². The highest BCUT2D eigenvalue weighted by molar-refractivity contribution is 6.48. The number of halogens is 10. The maximum atomic E-state index is 14.9. The van der Waals surface area contributed by atoms with E-state index in [0.29, 0.717) is 18.5 Å². The van der Waals surface area contributed by atoms with Gasteiger partial charge in [-0.1, -0.05) is 40.9 Å². The molecule has 0 radical (unpaired) electrons. The number of hydrogen-bond acceptors (Lipinski definition) is 2. The van der Waals surface area contributed by atoms with Crippen LogP contribution in [-0.2, 0) is 6.18 Å². The first-order valence-corrected chi connectivity index (χ1v) is 11.5. The molecule has 0 saturated heterocycles. The van der Waals surface area contributed by atoms with E-state index >= 15 is 0 Å². The van der Waals surface area contributed by atoms with Crippen molar-refractivity contribution in [1.82, 2.24) is 10.4 Å². The largest absolute Gasteiger partial charge is 0.417 e. The number of nitrogens with one attached hydrogen (secondary N) is 1. The highest BCUT2D eigenvalue weighted by Gasteiger charge is 2.41. The van der Waals surface area contributed by atoms with E-state index in [4.69, 9.17) is 34.8 Å². The van der Waals surface area contributed by atoms with Crippen LogP contribution in [0.3, 0.4) is 0 Å². The normalized spacial score (nSPS) is 15.8. The predicted octanol–water partition coefficient (Wildman–Crippen LogP) is 8.31. The first-order chi connectivity index (χ1) is 16.6. The van der Waals surface area contributed by atoms with Crippen LogP contribution in [0.4, 0.5) is 30.7 Å². The fraction of sp³-hybridized carbons (Fsp3) is 0.348. The van der Waals surface area contributed by atoms with Gasteiger partial charge in [-0.05, 0) is 54.7 Å². The van der Waals surface area contributed by atoms with E-state index in [9.17, 15) is 35.5 Å². The quantitative estimate of drug-likeness (QED) is 0.204. The van der Waals surface area contributed by atoms with Gasteiger partial charge in [0.1, 0.15) is 11.7 Å².